The van der Waals surface area contributed by atoms with E-state index < -0.39 is 8.07 Å². The number of aromatic nitrogens is 3. The molecule has 0 saturated heterocycles. The van der Waals surface area contributed by atoms with E-state index in [0.717, 1.165) is 60.1 Å². The molecule has 270 valence electrons. The fourth-order valence-corrected chi connectivity index (χ4v) is 12.0. The van der Waals surface area contributed by atoms with Gasteiger partial charge in [0.15, 0.2) is 29.7 Å². The molecule has 2 unspecified atom stereocenters. The van der Waals surface area contributed by atoms with E-state index in [1.54, 1.807) is 10.8 Å². The van der Waals surface area contributed by atoms with Crippen LogP contribution in [-0.2, 0) is 12.8 Å². The van der Waals surface area contributed by atoms with Crippen LogP contribution in [0.15, 0.2) is 96.3 Å². The van der Waals surface area contributed by atoms with Crippen molar-refractivity contribution in [3.63, 3.8) is 0 Å². The third kappa shape index (κ3) is 5.91. The number of hydrogen-bond acceptors (Lipinski definition) is 2. The maximum atomic E-state index is 6.72. The Kier molecular flexibility index (Phi) is 8.76. The summed E-state index contributed by atoms with van der Waals surface area (Å²) >= 11 is 0. The number of fused-ring (bicyclic) bond motifs is 13. The summed E-state index contributed by atoms with van der Waals surface area (Å²) in [5, 5.41) is 3.85. The van der Waals surface area contributed by atoms with Gasteiger partial charge < -0.3 is 4.42 Å². The normalized spacial score (nSPS) is 18.9. The Morgan fingerprint density at radius 1 is 0.906 bits per heavy atom. The topological polar surface area (TPSA) is 33.8 Å². The lowest BCUT2D eigenvalue weighted by Gasteiger charge is -2.33. The third-order valence-electron chi connectivity index (χ3n) is 13.2. The van der Waals surface area contributed by atoms with Gasteiger partial charge in [0.2, 0.25) is 17.1 Å². The number of pyridine rings is 3. The smallest absolute Gasteiger partial charge is 0.227 e. The number of hydrogen-bond donors (Lipinski definition) is 0. The van der Waals surface area contributed by atoms with E-state index in [2.05, 4.69) is 121 Å². The van der Waals surface area contributed by atoms with Gasteiger partial charge in [-0.3, -0.25) is 0 Å². The van der Waals surface area contributed by atoms with Gasteiger partial charge in [-0.15, -0.1) is 0 Å². The molecule has 0 spiro atoms. The van der Waals surface area contributed by atoms with E-state index in [1.165, 1.54) is 71.3 Å². The number of aryl methyl sites for hydroxylation is 1. The highest BCUT2D eigenvalue weighted by molar-refractivity contribution is 6.89. The Bertz CT molecular complexity index is 2370. The van der Waals surface area contributed by atoms with Crippen molar-refractivity contribution < 1.29 is 13.6 Å². The molecular formula is C48H55N3OSi+2. The maximum Gasteiger partial charge on any atom is 0.227 e. The minimum Gasteiger partial charge on any atom is -0.437 e. The molecule has 2 atom stereocenters. The third-order valence-corrected chi connectivity index (χ3v) is 15.2. The molecule has 9 rings (SSSR count). The molecule has 0 radical (unpaired) electrons. The van der Waals surface area contributed by atoms with Crippen molar-refractivity contribution in [2.24, 2.45) is 5.92 Å². The van der Waals surface area contributed by atoms with Crippen LogP contribution in [0.5, 0.6) is 0 Å². The molecule has 4 nitrogen and oxygen atoms in total. The van der Waals surface area contributed by atoms with Gasteiger partial charge in [-0.1, -0.05) is 89.5 Å². The molecule has 6 aromatic rings. The monoisotopic (exact) mass is 717 g/mol. The van der Waals surface area contributed by atoms with Crippen LogP contribution in [0.1, 0.15) is 105 Å². The Balaban J connectivity index is 1.26. The second kappa shape index (κ2) is 13.5. The SMILES string of the molecule is C=C1CC2C(CCc3ccc4c(oc5ncccc54)c3-c3cc(C(CC)CC)cc[n+]31)c1ccccc1-c1cc(CC3CCCC3)c([Si](C)(C)C)c[n+]12. The summed E-state index contributed by atoms with van der Waals surface area (Å²) in [6, 6.07) is 25.8. The summed E-state index contributed by atoms with van der Waals surface area (Å²) in [4.78, 5) is 4.65. The number of allylic oxidation sites excluding steroid dienone is 1. The van der Waals surface area contributed by atoms with Crippen LogP contribution in [0.4, 0.5) is 0 Å². The molecule has 0 bridgehead atoms. The van der Waals surface area contributed by atoms with E-state index in [0.29, 0.717) is 17.5 Å². The summed E-state index contributed by atoms with van der Waals surface area (Å²) in [5.74, 6) is 1.67. The van der Waals surface area contributed by atoms with Gasteiger partial charge in [0, 0.05) is 51.8 Å². The van der Waals surface area contributed by atoms with Crippen molar-refractivity contribution in [3.05, 3.63) is 114 Å². The zero-order valence-electron chi connectivity index (χ0n) is 32.4. The summed E-state index contributed by atoms with van der Waals surface area (Å²) < 4.78 is 11.8. The van der Waals surface area contributed by atoms with Crippen LogP contribution < -0.4 is 14.3 Å². The van der Waals surface area contributed by atoms with Crippen LogP contribution in [0, 0.1) is 5.92 Å². The van der Waals surface area contributed by atoms with Crippen LogP contribution in [0.2, 0.25) is 19.6 Å². The molecule has 0 amide bonds. The van der Waals surface area contributed by atoms with Gasteiger partial charge in [-0.25, -0.2) is 4.98 Å². The van der Waals surface area contributed by atoms with Crippen molar-refractivity contribution in [2.75, 3.05) is 0 Å². The Morgan fingerprint density at radius 2 is 1.72 bits per heavy atom. The fourth-order valence-electron chi connectivity index (χ4n) is 10.4. The minimum absolute atomic E-state index is 0.266. The zero-order chi connectivity index (χ0) is 36.4. The summed E-state index contributed by atoms with van der Waals surface area (Å²) in [6.07, 6.45) is 18.7. The molecule has 0 N–H and O–H groups in total. The summed E-state index contributed by atoms with van der Waals surface area (Å²) in [7, 11) is -1.65. The zero-order valence-corrected chi connectivity index (χ0v) is 33.4. The summed E-state index contributed by atoms with van der Waals surface area (Å²) in [6.45, 7) is 17.2. The van der Waals surface area contributed by atoms with Gasteiger partial charge >= 0.3 is 0 Å². The van der Waals surface area contributed by atoms with Crippen LogP contribution in [0.3, 0.4) is 0 Å². The minimum atomic E-state index is -1.65. The molecule has 5 heteroatoms. The second-order valence-electron chi connectivity index (χ2n) is 17.3. The predicted molar refractivity (Wildman–Crippen MR) is 221 cm³/mol. The lowest BCUT2D eigenvalue weighted by atomic mass is 9.77. The van der Waals surface area contributed by atoms with E-state index >= 15 is 0 Å². The highest BCUT2D eigenvalue weighted by atomic mass is 28.3. The molecule has 1 fully saturated rings. The fraction of sp³-hybridized carbons (Fsp3) is 0.396. The summed E-state index contributed by atoms with van der Waals surface area (Å²) in [5.41, 5.74) is 13.8. The molecule has 3 aliphatic rings. The molecule has 53 heavy (non-hydrogen) atoms. The maximum absolute atomic E-state index is 6.72. The van der Waals surface area contributed by atoms with Crippen molar-refractivity contribution in [1.82, 2.24) is 4.98 Å². The molecule has 1 saturated carbocycles. The van der Waals surface area contributed by atoms with Crippen molar-refractivity contribution in [2.45, 2.75) is 116 Å². The molecule has 6 heterocycles. The van der Waals surface area contributed by atoms with Crippen LogP contribution in [0.25, 0.3) is 50.3 Å². The Morgan fingerprint density at radius 3 is 2.51 bits per heavy atom. The van der Waals surface area contributed by atoms with Gasteiger partial charge in [-0.05, 0) is 91.0 Å². The number of furan rings is 1. The van der Waals surface area contributed by atoms with Gasteiger partial charge in [-0.2, -0.15) is 9.13 Å². The number of nitrogens with zero attached hydrogens (tertiary/aromatic N) is 3. The number of benzene rings is 2. The average molecular weight is 718 g/mol. The first-order valence-corrected chi connectivity index (χ1v) is 23.9. The van der Waals surface area contributed by atoms with E-state index in [4.69, 9.17) is 11.0 Å². The van der Waals surface area contributed by atoms with E-state index in [9.17, 15) is 0 Å². The van der Waals surface area contributed by atoms with Gasteiger partial charge in [0.25, 0.3) is 0 Å². The number of rotatable bonds is 6. The van der Waals surface area contributed by atoms with Gasteiger partial charge in [0.05, 0.1) is 20.1 Å². The largest absolute Gasteiger partial charge is 0.437 e. The highest BCUT2D eigenvalue weighted by Gasteiger charge is 2.44. The standard InChI is InChI=1S/C48H55N3OSi/c1-7-33(8-2)35-23-25-50-31(3)26-42-39(21-19-34-20-22-40-41-18-13-24-49-48(41)52-47(40)46(34)44(50)28-35)37-16-11-12-17-38(37)43-29-36(27-32-14-9-10-15-32)45(30-51(42)43)53(4,5)6/h11-13,16-18,20,22-25,28-30,32-33,39,42H,3,7-10,14-15,19,21,26-27H2,1-2,4-6H3/q+2. The molecule has 1 aliphatic carbocycles. The second-order valence-corrected chi connectivity index (χ2v) is 22.4. The highest BCUT2D eigenvalue weighted by Crippen LogP contribution is 2.46. The molecule has 2 aliphatic heterocycles. The average Bonchev–Trinajstić information content (AvgIpc) is 3.82. The van der Waals surface area contributed by atoms with Crippen LogP contribution >= 0.6 is 0 Å². The quantitative estimate of drug-likeness (QED) is 0.127. The van der Waals surface area contributed by atoms with Crippen LogP contribution in [-0.4, -0.2) is 13.1 Å². The van der Waals surface area contributed by atoms with Crippen molar-refractivity contribution >= 4 is 41.0 Å². The lowest BCUT2D eigenvalue weighted by Crippen LogP contribution is -2.54. The first-order chi connectivity index (χ1) is 25.7. The Labute approximate surface area is 316 Å². The van der Waals surface area contributed by atoms with Crippen molar-refractivity contribution in [3.8, 4) is 22.5 Å². The van der Waals surface area contributed by atoms with Gasteiger partial charge in [0.1, 0.15) is 0 Å². The first-order valence-electron chi connectivity index (χ1n) is 20.4. The van der Waals surface area contributed by atoms with E-state index in [1.807, 2.05) is 12.3 Å². The van der Waals surface area contributed by atoms with E-state index in [-0.39, 0.29) is 6.04 Å². The molecular weight excluding hydrogens is 663 g/mol. The first kappa shape index (κ1) is 34.4. The lowest BCUT2D eigenvalue weighted by molar-refractivity contribution is -0.719. The molecule has 4 aromatic heterocycles. The molecule has 2 aromatic carbocycles. The van der Waals surface area contributed by atoms with Crippen molar-refractivity contribution in [1.29, 1.82) is 0 Å². The predicted octanol–water partition coefficient (Wildman–Crippen LogP) is 11.2. The Hall–Kier alpha value is -4.35.